The van der Waals surface area contributed by atoms with Gasteiger partial charge in [0.25, 0.3) is 0 Å². The number of hydrogen-bond donors (Lipinski definition) is 0. The lowest BCUT2D eigenvalue weighted by Crippen LogP contribution is -2.32. The fraction of sp³-hybridized carbons (Fsp3) is 0.950. The maximum absolute atomic E-state index is 12.6. The Hall–Kier alpha value is -0.313. The van der Waals surface area contributed by atoms with Crippen LogP contribution in [0.5, 0.6) is 0 Å². The molecule has 0 bridgehead atoms. The summed E-state index contributed by atoms with van der Waals surface area (Å²) in [7, 11) is 0.902. The second-order valence-electron chi connectivity index (χ2n) is 7.43. The maximum Gasteiger partial charge on any atom is 0.308 e. The van der Waals surface area contributed by atoms with E-state index in [1.807, 2.05) is 0 Å². The van der Waals surface area contributed by atoms with E-state index in [-0.39, 0.29) is 11.0 Å². The SMILES string of the molecule is CCCCCCCOC(=O)C([SiH3])(CC)C(C)CCCCCCC. The van der Waals surface area contributed by atoms with E-state index >= 15 is 0 Å². The first-order valence-corrected chi connectivity index (χ1v) is 11.2. The van der Waals surface area contributed by atoms with Gasteiger partial charge in [-0.3, -0.25) is 4.79 Å². The zero-order valence-corrected chi connectivity index (χ0v) is 18.6. The van der Waals surface area contributed by atoms with Crippen LogP contribution in [0, 0.1) is 5.92 Å². The van der Waals surface area contributed by atoms with Crippen molar-refractivity contribution in [1.82, 2.24) is 0 Å². The van der Waals surface area contributed by atoms with Gasteiger partial charge in [0, 0.05) is 10.2 Å². The number of ether oxygens (including phenoxy) is 1. The van der Waals surface area contributed by atoms with Crippen molar-refractivity contribution in [3.8, 4) is 0 Å². The Morgan fingerprint density at radius 3 is 1.96 bits per heavy atom. The molecule has 2 nitrogen and oxygen atoms in total. The molecule has 23 heavy (non-hydrogen) atoms. The summed E-state index contributed by atoms with van der Waals surface area (Å²) in [4.78, 5) is 12.6. The van der Waals surface area contributed by atoms with E-state index in [1.54, 1.807) is 0 Å². The molecule has 0 N–H and O–H groups in total. The molecular formula is C20H42O2Si. The lowest BCUT2D eigenvalue weighted by Gasteiger charge is -2.32. The van der Waals surface area contributed by atoms with Gasteiger partial charge in [-0.15, -0.1) is 0 Å². The minimum Gasteiger partial charge on any atom is -0.466 e. The second-order valence-corrected chi connectivity index (χ2v) is 9.21. The molecule has 0 rings (SSSR count). The molecule has 0 radical (unpaired) electrons. The van der Waals surface area contributed by atoms with Gasteiger partial charge in [-0.2, -0.15) is 0 Å². The highest BCUT2D eigenvalue weighted by Crippen LogP contribution is 2.40. The Bertz CT molecular complexity index is 293. The van der Waals surface area contributed by atoms with Gasteiger partial charge < -0.3 is 4.74 Å². The van der Waals surface area contributed by atoms with E-state index in [2.05, 4.69) is 27.7 Å². The number of esters is 1. The lowest BCUT2D eigenvalue weighted by molar-refractivity contribution is -0.149. The average Bonchev–Trinajstić information content (AvgIpc) is 2.56. The molecule has 0 fully saturated rings. The molecule has 0 aliphatic heterocycles. The van der Waals surface area contributed by atoms with Crippen LogP contribution in [0.2, 0.25) is 5.04 Å². The zero-order valence-electron chi connectivity index (χ0n) is 16.6. The Kier molecular flexibility index (Phi) is 13.9. The molecule has 0 aliphatic carbocycles. The largest absolute Gasteiger partial charge is 0.466 e. The molecule has 138 valence electrons. The molecule has 0 saturated carbocycles. The summed E-state index contributed by atoms with van der Waals surface area (Å²) < 4.78 is 5.64. The van der Waals surface area contributed by atoms with Crippen LogP contribution in [-0.2, 0) is 9.53 Å². The quantitative estimate of drug-likeness (QED) is 0.225. The summed E-state index contributed by atoms with van der Waals surface area (Å²) in [6.45, 7) is 9.51. The lowest BCUT2D eigenvalue weighted by atomic mass is 9.86. The van der Waals surface area contributed by atoms with Gasteiger partial charge in [-0.1, -0.05) is 85.5 Å². The topological polar surface area (TPSA) is 26.3 Å². The molecule has 0 aromatic rings. The molecule has 0 aromatic heterocycles. The second kappa shape index (κ2) is 14.1. The fourth-order valence-corrected chi connectivity index (χ4v) is 3.53. The monoisotopic (exact) mass is 342 g/mol. The van der Waals surface area contributed by atoms with Crippen molar-refractivity contribution < 1.29 is 9.53 Å². The van der Waals surface area contributed by atoms with Crippen molar-refractivity contribution in [1.29, 1.82) is 0 Å². The van der Waals surface area contributed by atoms with Gasteiger partial charge in [0.1, 0.15) is 0 Å². The Morgan fingerprint density at radius 2 is 1.43 bits per heavy atom. The molecule has 0 heterocycles. The standard InChI is InChI=1S/C20H42O2Si/c1-5-8-10-12-14-16-18(4)20(23,7-3)19(21)22-17-15-13-11-9-6-2/h18H,5-17H2,1-4,23H3. The summed E-state index contributed by atoms with van der Waals surface area (Å²) >= 11 is 0. The van der Waals surface area contributed by atoms with Crippen LogP contribution in [-0.4, -0.2) is 22.8 Å². The van der Waals surface area contributed by atoms with Crippen LogP contribution >= 0.6 is 0 Å². The maximum atomic E-state index is 12.6. The number of rotatable bonds is 15. The number of hydrogen-bond acceptors (Lipinski definition) is 2. The average molecular weight is 343 g/mol. The normalized spacial score (nSPS) is 15.3. The first-order valence-electron chi connectivity index (χ1n) is 10.2. The molecular weight excluding hydrogens is 300 g/mol. The Balaban J connectivity index is 4.09. The third-order valence-corrected chi connectivity index (χ3v) is 7.61. The molecule has 0 aromatic carbocycles. The molecule has 0 saturated heterocycles. The van der Waals surface area contributed by atoms with E-state index in [9.17, 15) is 4.79 Å². The van der Waals surface area contributed by atoms with Crippen molar-refractivity contribution in [3.63, 3.8) is 0 Å². The third kappa shape index (κ3) is 9.54. The Morgan fingerprint density at radius 1 is 0.913 bits per heavy atom. The minimum atomic E-state index is -0.172. The van der Waals surface area contributed by atoms with E-state index in [4.69, 9.17) is 4.74 Å². The van der Waals surface area contributed by atoms with Gasteiger partial charge in [0.05, 0.1) is 11.6 Å². The summed E-state index contributed by atoms with van der Waals surface area (Å²) in [5, 5.41) is -0.172. The third-order valence-electron chi connectivity index (χ3n) is 5.51. The van der Waals surface area contributed by atoms with E-state index in [0.717, 1.165) is 23.1 Å². The van der Waals surface area contributed by atoms with Crippen LogP contribution in [0.15, 0.2) is 0 Å². The Labute approximate surface area is 148 Å². The smallest absolute Gasteiger partial charge is 0.308 e. The molecule has 0 spiro atoms. The van der Waals surface area contributed by atoms with Crippen molar-refractivity contribution in [3.05, 3.63) is 0 Å². The van der Waals surface area contributed by atoms with Gasteiger partial charge in [0.2, 0.25) is 0 Å². The van der Waals surface area contributed by atoms with E-state index in [1.165, 1.54) is 64.2 Å². The van der Waals surface area contributed by atoms with Crippen LogP contribution in [0.25, 0.3) is 0 Å². The van der Waals surface area contributed by atoms with Gasteiger partial charge in [0.15, 0.2) is 0 Å². The predicted octanol–water partition coefficient (Wildman–Crippen LogP) is 5.43. The number of carbonyl (C=O) groups is 1. The van der Waals surface area contributed by atoms with E-state index < -0.39 is 0 Å². The highest BCUT2D eigenvalue weighted by molar-refractivity contribution is 6.27. The predicted molar refractivity (Wildman–Crippen MR) is 105 cm³/mol. The molecule has 2 unspecified atom stereocenters. The first kappa shape index (κ1) is 22.7. The summed E-state index contributed by atoms with van der Waals surface area (Å²) in [6, 6.07) is 0. The summed E-state index contributed by atoms with van der Waals surface area (Å²) in [5.74, 6) is 0.552. The highest BCUT2D eigenvalue weighted by Gasteiger charge is 2.37. The van der Waals surface area contributed by atoms with Crippen LogP contribution in [0.3, 0.4) is 0 Å². The van der Waals surface area contributed by atoms with Gasteiger partial charge in [-0.05, 0) is 25.2 Å². The van der Waals surface area contributed by atoms with Crippen molar-refractivity contribution in [2.75, 3.05) is 6.61 Å². The minimum absolute atomic E-state index is 0.0863. The van der Waals surface area contributed by atoms with Crippen molar-refractivity contribution in [2.24, 2.45) is 5.92 Å². The number of unbranched alkanes of at least 4 members (excludes halogenated alkanes) is 8. The van der Waals surface area contributed by atoms with Gasteiger partial charge in [-0.25, -0.2) is 0 Å². The van der Waals surface area contributed by atoms with Crippen LogP contribution in [0.1, 0.15) is 105 Å². The van der Waals surface area contributed by atoms with E-state index in [0.29, 0.717) is 12.5 Å². The van der Waals surface area contributed by atoms with Crippen LogP contribution in [0.4, 0.5) is 0 Å². The fourth-order valence-electron chi connectivity index (χ4n) is 3.10. The highest BCUT2D eigenvalue weighted by atomic mass is 28.1. The van der Waals surface area contributed by atoms with Crippen molar-refractivity contribution >= 4 is 16.2 Å². The van der Waals surface area contributed by atoms with Crippen molar-refractivity contribution in [2.45, 2.75) is 110 Å². The molecule has 0 amide bonds. The first-order chi connectivity index (χ1) is 11.0. The van der Waals surface area contributed by atoms with Gasteiger partial charge >= 0.3 is 5.97 Å². The molecule has 2 atom stereocenters. The van der Waals surface area contributed by atoms with Crippen LogP contribution < -0.4 is 0 Å². The summed E-state index contributed by atoms with van der Waals surface area (Å²) in [5.41, 5.74) is 0. The number of carbonyl (C=O) groups excluding carboxylic acids is 1. The molecule has 3 heteroatoms. The molecule has 0 aliphatic rings. The zero-order chi connectivity index (χ0) is 17.6. The summed E-state index contributed by atoms with van der Waals surface area (Å²) in [6.07, 6.45) is 14.7.